The van der Waals surface area contributed by atoms with E-state index in [1.165, 1.54) is 12.3 Å². The number of aromatic nitrogens is 1. The fraction of sp³-hybridized carbons (Fsp3) is 0.333. The summed E-state index contributed by atoms with van der Waals surface area (Å²) < 4.78 is 18.5. The highest BCUT2D eigenvalue weighted by atomic mass is 35.5. The molecular weight excluding hydrogens is 345 g/mol. The first kappa shape index (κ1) is 17.5. The van der Waals surface area contributed by atoms with Crippen LogP contribution in [-0.2, 0) is 4.79 Å². The minimum atomic E-state index is -0.357. The van der Waals surface area contributed by atoms with Crippen LogP contribution in [0.1, 0.15) is 6.92 Å². The number of carbonyl (C=O) groups excluding carboxylic acids is 1. The van der Waals surface area contributed by atoms with E-state index in [1.54, 1.807) is 35.2 Å². The third kappa shape index (κ3) is 4.39. The van der Waals surface area contributed by atoms with Gasteiger partial charge in [-0.3, -0.25) is 4.79 Å². The van der Waals surface area contributed by atoms with E-state index < -0.39 is 0 Å². The molecule has 1 aromatic carbocycles. The van der Waals surface area contributed by atoms with Crippen molar-refractivity contribution in [2.45, 2.75) is 13.0 Å². The molecule has 1 saturated heterocycles. The quantitative estimate of drug-likeness (QED) is 0.837. The van der Waals surface area contributed by atoms with Gasteiger partial charge in [0.2, 0.25) is 0 Å². The normalized spacial score (nSPS) is 17.5. The molecule has 1 atom stereocenters. The number of piperazine rings is 1. The standard InChI is InChI=1S/C18H19ClFN3O2/c1-13-11-22(8-9-23(13)17-7-4-15(20)10-21-17)18(24)12-25-16-5-2-14(19)3-6-16/h2-7,10,13H,8-9,11-12H2,1H3. The van der Waals surface area contributed by atoms with Crippen LogP contribution in [0.3, 0.4) is 0 Å². The summed E-state index contributed by atoms with van der Waals surface area (Å²) in [5, 5.41) is 0.623. The summed E-state index contributed by atoms with van der Waals surface area (Å²) in [5.74, 6) is 0.913. The third-order valence-electron chi connectivity index (χ3n) is 4.16. The molecular formula is C18H19ClFN3O2. The molecule has 0 spiro atoms. The summed E-state index contributed by atoms with van der Waals surface area (Å²) in [4.78, 5) is 20.3. The molecule has 1 fully saturated rings. The van der Waals surface area contributed by atoms with Crippen LogP contribution in [0.25, 0.3) is 0 Å². The predicted molar refractivity (Wildman–Crippen MR) is 94.5 cm³/mol. The van der Waals surface area contributed by atoms with E-state index in [0.29, 0.717) is 30.4 Å². The van der Waals surface area contributed by atoms with E-state index in [9.17, 15) is 9.18 Å². The summed E-state index contributed by atoms with van der Waals surface area (Å²) in [6.45, 7) is 3.80. The van der Waals surface area contributed by atoms with Crippen molar-refractivity contribution in [3.05, 3.63) is 53.4 Å². The maximum atomic E-state index is 13.0. The lowest BCUT2D eigenvalue weighted by Crippen LogP contribution is -2.54. The minimum absolute atomic E-state index is 0.0108. The van der Waals surface area contributed by atoms with Gasteiger partial charge >= 0.3 is 0 Å². The topological polar surface area (TPSA) is 45.7 Å². The minimum Gasteiger partial charge on any atom is -0.484 e. The van der Waals surface area contributed by atoms with Gasteiger partial charge in [-0.2, -0.15) is 0 Å². The predicted octanol–water partition coefficient (Wildman–Crippen LogP) is 2.99. The molecule has 1 aliphatic heterocycles. The largest absolute Gasteiger partial charge is 0.484 e. The van der Waals surface area contributed by atoms with Gasteiger partial charge in [-0.1, -0.05) is 11.6 Å². The van der Waals surface area contributed by atoms with Crippen LogP contribution in [0, 0.1) is 5.82 Å². The highest BCUT2D eigenvalue weighted by molar-refractivity contribution is 6.30. The summed E-state index contributed by atoms with van der Waals surface area (Å²) >= 11 is 5.82. The molecule has 25 heavy (non-hydrogen) atoms. The van der Waals surface area contributed by atoms with Crippen LogP contribution in [-0.4, -0.2) is 48.1 Å². The Morgan fingerprint density at radius 3 is 2.68 bits per heavy atom. The van der Waals surface area contributed by atoms with Crippen molar-refractivity contribution in [1.82, 2.24) is 9.88 Å². The summed E-state index contributed by atoms with van der Waals surface area (Å²) in [6, 6.07) is 10.0. The van der Waals surface area contributed by atoms with Crippen molar-refractivity contribution < 1.29 is 13.9 Å². The maximum absolute atomic E-state index is 13.0. The van der Waals surface area contributed by atoms with Gasteiger partial charge in [-0.05, 0) is 43.3 Å². The Bertz CT molecular complexity index is 724. The van der Waals surface area contributed by atoms with Crippen LogP contribution < -0.4 is 9.64 Å². The van der Waals surface area contributed by atoms with Gasteiger partial charge in [-0.15, -0.1) is 0 Å². The molecule has 0 radical (unpaired) electrons. The Hall–Kier alpha value is -2.34. The number of hydrogen-bond donors (Lipinski definition) is 0. The highest BCUT2D eigenvalue weighted by Crippen LogP contribution is 2.19. The number of benzene rings is 1. The van der Waals surface area contributed by atoms with Gasteiger partial charge in [0.15, 0.2) is 6.61 Å². The number of halogens is 2. The van der Waals surface area contributed by atoms with Crippen LogP contribution in [0.5, 0.6) is 5.75 Å². The molecule has 2 heterocycles. The second-order valence-corrected chi connectivity index (χ2v) is 6.40. The van der Waals surface area contributed by atoms with E-state index in [1.807, 2.05) is 6.92 Å². The Morgan fingerprint density at radius 2 is 2.04 bits per heavy atom. The van der Waals surface area contributed by atoms with Gasteiger partial charge < -0.3 is 14.5 Å². The smallest absolute Gasteiger partial charge is 0.260 e. The molecule has 1 aromatic heterocycles. The van der Waals surface area contributed by atoms with Gasteiger partial charge in [0, 0.05) is 30.7 Å². The van der Waals surface area contributed by atoms with E-state index >= 15 is 0 Å². The second-order valence-electron chi connectivity index (χ2n) is 5.96. The number of hydrogen-bond acceptors (Lipinski definition) is 4. The van der Waals surface area contributed by atoms with E-state index in [2.05, 4.69) is 9.88 Å². The Kier molecular flexibility index (Phi) is 5.38. The molecule has 7 heteroatoms. The van der Waals surface area contributed by atoms with Crippen molar-refractivity contribution >= 4 is 23.3 Å². The molecule has 1 amide bonds. The SMILES string of the molecule is CC1CN(C(=O)COc2ccc(Cl)cc2)CCN1c1ccc(F)cn1. The van der Waals surface area contributed by atoms with Crippen molar-refractivity contribution in [2.75, 3.05) is 31.1 Å². The Morgan fingerprint density at radius 1 is 1.28 bits per heavy atom. The van der Waals surface area contributed by atoms with Crippen LogP contribution in [0.15, 0.2) is 42.6 Å². The Balaban J connectivity index is 1.54. The molecule has 0 aliphatic carbocycles. The molecule has 5 nitrogen and oxygen atoms in total. The first-order valence-corrected chi connectivity index (χ1v) is 8.45. The summed E-state index contributed by atoms with van der Waals surface area (Å²) in [6.07, 6.45) is 1.21. The van der Waals surface area contributed by atoms with Crippen LogP contribution in [0.4, 0.5) is 10.2 Å². The van der Waals surface area contributed by atoms with Gasteiger partial charge in [0.05, 0.1) is 6.20 Å². The zero-order valence-electron chi connectivity index (χ0n) is 13.9. The number of ether oxygens (including phenoxy) is 1. The highest BCUT2D eigenvalue weighted by Gasteiger charge is 2.27. The average Bonchev–Trinajstić information content (AvgIpc) is 2.62. The lowest BCUT2D eigenvalue weighted by molar-refractivity contribution is -0.134. The summed E-state index contributed by atoms with van der Waals surface area (Å²) in [5.41, 5.74) is 0. The van der Waals surface area contributed by atoms with Crippen molar-refractivity contribution in [2.24, 2.45) is 0 Å². The molecule has 2 aromatic rings. The van der Waals surface area contributed by atoms with Crippen molar-refractivity contribution in [3.8, 4) is 5.75 Å². The zero-order chi connectivity index (χ0) is 17.8. The molecule has 1 unspecified atom stereocenters. The fourth-order valence-corrected chi connectivity index (χ4v) is 2.96. The molecule has 0 saturated carbocycles. The average molecular weight is 364 g/mol. The number of carbonyl (C=O) groups is 1. The number of pyridine rings is 1. The van der Waals surface area contributed by atoms with Crippen molar-refractivity contribution in [3.63, 3.8) is 0 Å². The number of anilines is 1. The van der Waals surface area contributed by atoms with Crippen LogP contribution >= 0.6 is 11.6 Å². The second kappa shape index (κ2) is 7.70. The van der Waals surface area contributed by atoms with Gasteiger partial charge in [0.25, 0.3) is 5.91 Å². The molecule has 0 N–H and O–H groups in total. The lowest BCUT2D eigenvalue weighted by atomic mass is 10.2. The number of amides is 1. The molecule has 3 rings (SSSR count). The van der Waals surface area contributed by atoms with E-state index in [0.717, 1.165) is 5.82 Å². The van der Waals surface area contributed by atoms with Gasteiger partial charge in [-0.25, -0.2) is 9.37 Å². The van der Waals surface area contributed by atoms with Crippen molar-refractivity contribution in [1.29, 1.82) is 0 Å². The number of rotatable bonds is 4. The third-order valence-corrected chi connectivity index (χ3v) is 4.41. The monoisotopic (exact) mass is 363 g/mol. The molecule has 1 aliphatic rings. The Labute approximate surface area is 151 Å². The lowest BCUT2D eigenvalue weighted by Gasteiger charge is -2.40. The number of nitrogens with zero attached hydrogens (tertiary/aromatic N) is 3. The van der Waals surface area contributed by atoms with Gasteiger partial charge in [0.1, 0.15) is 17.4 Å². The first-order valence-electron chi connectivity index (χ1n) is 8.07. The summed E-state index contributed by atoms with van der Waals surface area (Å²) in [7, 11) is 0. The van der Waals surface area contributed by atoms with E-state index in [-0.39, 0.29) is 24.4 Å². The van der Waals surface area contributed by atoms with E-state index in [4.69, 9.17) is 16.3 Å². The maximum Gasteiger partial charge on any atom is 0.260 e. The van der Waals surface area contributed by atoms with Crippen LogP contribution in [0.2, 0.25) is 5.02 Å². The molecule has 0 bridgehead atoms. The molecule has 132 valence electrons. The zero-order valence-corrected chi connectivity index (χ0v) is 14.6. The first-order chi connectivity index (χ1) is 12.0. The fourth-order valence-electron chi connectivity index (χ4n) is 2.83.